The largest absolute Gasteiger partial charge is 0.474 e. The lowest BCUT2D eigenvalue weighted by molar-refractivity contribution is -0.137. The van der Waals surface area contributed by atoms with Crippen molar-refractivity contribution in [1.29, 1.82) is 0 Å². The van der Waals surface area contributed by atoms with Gasteiger partial charge in [0.25, 0.3) is 0 Å². The van der Waals surface area contributed by atoms with Crippen LogP contribution >= 0.6 is 11.6 Å². The number of carbonyl (C=O) groups excluding carboxylic acids is 1. The molecular formula is C22H25ClF3N5O2. The molecule has 1 N–H and O–H groups in total. The molecule has 3 heterocycles. The molecule has 0 unspecified atom stereocenters. The average molecular weight is 484 g/mol. The molecule has 1 saturated carbocycles. The number of amides is 2. The molecule has 2 fully saturated rings. The van der Waals surface area contributed by atoms with Gasteiger partial charge in [0, 0.05) is 50.7 Å². The van der Waals surface area contributed by atoms with Crippen LogP contribution in [0.15, 0.2) is 30.6 Å². The number of rotatable bonds is 5. The number of piperazine rings is 1. The summed E-state index contributed by atoms with van der Waals surface area (Å²) in [6.07, 6.45) is 2.48. The molecule has 2 aromatic heterocycles. The Morgan fingerprint density at radius 2 is 1.91 bits per heavy atom. The highest BCUT2D eigenvalue weighted by Crippen LogP contribution is 2.33. The number of anilines is 1. The second-order valence-electron chi connectivity index (χ2n) is 8.15. The number of hydrogen-bond acceptors (Lipinski definition) is 5. The van der Waals surface area contributed by atoms with Crippen LogP contribution in [0.2, 0.25) is 5.02 Å². The fourth-order valence-corrected chi connectivity index (χ4v) is 4.34. The Morgan fingerprint density at radius 3 is 2.58 bits per heavy atom. The van der Waals surface area contributed by atoms with Gasteiger partial charge in [-0.05, 0) is 37.8 Å². The summed E-state index contributed by atoms with van der Waals surface area (Å²) in [5, 5.41) is 2.84. The van der Waals surface area contributed by atoms with Gasteiger partial charge in [0.1, 0.15) is 11.9 Å². The van der Waals surface area contributed by atoms with Crippen molar-refractivity contribution in [3.05, 3.63) is 46.7 Å². The van der Waals surface area contributed by atoms with E-state index in [2.05, 4.69) is 15.3 Å². The predicted molar refractivity (Wildman–Crippen MR) is 117 cm³/mol. The zero-order valence-electron chi connectivity index (χ0n) is 17.9. The van der Waals surface area contributed by atoms with E-state index in [0.29, 0.717) is 38.6 Å². The van der Waals surface area contributed by atoms with Gasteiger partial charge in [-0.2, -0.15) is 13.2 Å². The first-order valence-corrected chi connectivity index (χ1v) is 11.3. The number of nitrogens with one attached hydrogen (secondary N) is 1. The molecule has 0 bridgehead atoms. The molecule has 2 aromatic rings. The van der Waals surface area contributed by atoms with Crippen molar-refractivity contribution in [2.24, 2.45) is 0 Å². The van der Waals surface area contributed by atoms with Gasteiger partial charge in [-0.3, -0.25) is 0 Å². The normalized spacial score (nSPS) is 17.3. The highest BCUT2D eigenvalue weighted by Gasteiger charge is 2.32. The molecular weight excluding hydrogens is 459 g/mol. The van der Waals surface area contributed by atoms with E-state index in [9.17, 15) is 18.0 Å². The number of alkyl halides is 3. The molecule has 2 aliphatic rings. The van der Waals surface area contributed by atoms with Crippen LogP contribution in [0.4, 0.5) is 23.8 Å². The Bertz CT molecular complexity index is 977. The smallest absolute Gasteiger partial charge is 0.417 e. The molecule has 0 spiro atoms. The Kier molecular flexibility index (Phi) is 7.11. The zero-order valence-corrected chi connectivity index (χ0v) is 18.7. The first-order chi connectivity index (χ1) is 15.8. The Morgan fingerprint density at radius 1 is 1.18 bits per heavy atom. The number of ether oxygens (including phenoxy) is 1. The van der Waals surface area contributed by atoms with Crippen LogP contribution in [-0.2, 0) is 12.7 Å². The number of urea groups is 1. The van der Waals surface area contributed by atoms with Gasteiger partial charge in [-0.15, -0.1) is 0 Å². The molecule has 0 radical (unpaired) electrons. The summed E-state index contributed by atoms with van der Waals surface area (Å²) < 4.78 is 44.5. The number of carbonyl (C=O) groups is 1. The van der Waals surface area contributed by atoms with Crippen LogP contribution in [0.1, 0.15) is 36.8 Å². The summed E-state index contributed by atoms with van der Waals surface area (Å²) in [6.45, 7) is 1.90. The van der Waals surface area contributed by atoms with E-state index in [1.165, 1.54) is 0 Å². The Balaban J connectivity index is 1.30. The summed E-state index contributed by atoms with van der Waals surface area (Å²) in [4.78, 5) is 24.3. The molecule has 11 heteroatoms. The molecule has 7 nitrogen and oxygen atoms in total. The van der Waals surface area contributed by atoms with Crippen LogP contribution in [0.5, 0.6) is 5.88 Å². The minimum Gasteiger partial charge on any atom is -0.474 e. The van der Waals surface area contributed by atoms with Gasteiger partial charge < -0.3 is 19.9 Å². The molecule has 33 heavy (non-hydrogen) atoms. The van der Waals surface area contributed by atoms with Gasteiger partial charge in [0.05, 0.1) is 10.6 Å². The van der Waals surface area contributed by atoms with Crippen molar-refractivity contribution in [3.63, 3.8) is 0 Å². The molecule has 1 aliphatic carbocycles. The van der Waals surface area contributed by atoms with Gasteiger partial charge >= 0.3 is 12.2 Å². The molecule has 4 rings (SSSR count). The maximum atomic E-state index is 12.8. The van der Waals surface area contributed by atoms with Crippen molar-refractivity contribution in [2.45, 2.75) is 44.5 Å². The van der Waals surface area contributed by atoms with E-state index in [4.69, 9.17) is 16.3 Å². The predicted octanol–water partition coefficient (Wildman–Crippen LogP) is 4.50. The second kappa shape index (κ2) is 10.0. The van der Waals surface area contributed by atoms with E-state index < -0.39 is 11.7 Å². The summed E-state index contributed by atoms with van der Waals surface area (Å²) >= 11 is 6.05. The third kappa shape index (κ3) is 5.79. The summed E-state index contributed by atoms with van der Waals surface area (Å²) in [7, 11) is 0. The SMILES string of the molecule is O=C(NCc1cccnc1OC1CCCC1)N1CCN(c2ncc(C(F)(F)F)cc2Cl)CC1. The van der Waals surface area contributed by atoms with Gasteiger partial charge in [-0.1, -0.05) is 17.7 Å². The second-order valence-corrected chi connectivity index (χ2v) is 8.56. The molecule has 0 atom stereocenters. The standard InChI is InChI=1S/C22H25ClF3N5O2/c23-18-12-16(22(24,25)26)14-28-19(18)30-8-10-31(11-9-30)21(32)29-13-15-4-3-7-27-20(15)33-17-5-1-2-6-17/h3-4,7,12,14,17H,1-2,5-6,8-11,13H2,(H,29,32). The first kappa shape index (κ1) is 23.4. The highest BCUT2D eigenvalue weighted by molar-refractivity contribution is 6.33. The highest BCUT2D eigenvalue weighted by atomic mass is 35.5. The monoisotopic (exact) mass is 483 g/mol. The maximum absolute atomic E-state index is 12.8. The third-order valence-electron chi connectivity index (χ3n) is 5.88. The number of nitrogens with zero attached hydrogens (tertiary/aromatic N) is 4. The van der Waals surface area contributed by atoms with Crippen molar-refractivity contribution in [2.75, 3.05) is 31.1 Å². The lowest BCUT2D eigenvalue weighted by Crippen LogP contribution is -2.52. The van der Waals surface area contributed by atoms with E-state index >= 15 is 0 Å². The summed E-state index contributed by atoms with van der Waals surface area (Å²) in [5.74, 6) is 0.839. The number of hydrogen-bond donors (Lipinski definition) is 1. The fraction of sp³-hybridized carbons (Fsp3) is 0.500. The van der Waals surface area contributed by atoms with E-state index in [1.807, 2.05) is 12.1 Å². The van der Waals surface area contributed by atoms with E-state index in [-0.39, 0.29) is 23.0 Å². The number of halogens is 4. The summed E-state index contributed by atoms with van der Waals surface area (Å²) in [5.41, 5.74) is -0.0712. The van der Waals surface area contributed by atoms with Crippen LogP contribution < -0.4 is 15.0 Å². The number of aromatic nitrogens is 2. The Labute approximate surface area is 194 Å². The van der Waals surface area contributed by atoms with Crippen molar-refractivity contribution in [1.82, 2.24) is 20.2 Å². The van der Waals surface area contributed by atoms with Crippen molar-refractivity contribution < 1.29 is 22.7 Å². The lowest BCUT2D eigenvalue weighted by Gasteiger charge is -2.35. The molecule has 0 aromatic carbocycles. The molecule has 1 saturated heterocycles. The zero-order chi connectivity index (χ0) is 23.4. The van der Waals surface area contributed by atoms with Crippen molar-refractivity contribution >= 4 is 23.4 Å². The number of pyridine rings is 2. The minimum atomic E-state index is -4.50. The van der Waals surface area contributed by atoms with Crippen LogP contribution in [0.3, 0.4) is 0 Å². The van der Waals surface area contributed by atoms with Crippen LogP contribution in [0.25, 0.3) is 0 Å². The van der Waals surface area contributed by atoms with Gasteiger partial charge in [0.15, 0.2) is 0 Å². The van der Waals surface area contributed by atoms with Gasteiger partial charge in [0.2, 0.25) is 5.88 Å². The first-order valence-electron chi connectivity index (χ1n) is 10.9. The van der Waals surface area contributed by atoms with Crippen molar-refractivity contribution in [3.8, 4) is 5.88 Å². The Hall–Kier alpha value is -2.75. The summed E-state index contributed by atoms with van der Waals surface area (Å²) in [6, 6.07) is 4.34. The van der Waals surface area contributed by atoms with Crippen LogP contribution in [-0.4, -0.2) is 53.2 Å². The van der Waals surface area contributed by atoms with E-state index in [0.717, 1.165) is 43.5 Å². The van der Waals surface area contributed by atoms with Crippen LogP contribution in [0, 0.1) is 0 Å². The molecule has 178 valence electrons. The fourth-order valence-electron chi connectivity index (χ4n) is 4.05. The minimum absolute atomic E-state index is 0.0610. The quantitative estimate of drug-likeness (QED) is 0.678. The molecule has 2 amide bonds. The molecule has 1 aliphatic heterocycles. The average Bonchev–Trinajstić information content (AvgIpc) is 3.31. The van der Waals surface area contributed by atoms with Gasteiger partial charge in [-0.25, -0.2) is 14.8 Å². The maximum Gasteiger partial charge on any atom is 0.417 e. The topological polar surface area (TPSA) is 70.6 Å². The van der Waals surface area contributed by atoms with E-state index in [1.54, 1.807) is 16.0 Å². The lowest BCUT2D eigenvalue weighted by atomic mass is 10.2. The third-order valence-corrected chi connectivity index (χ3v) is 6.15.